The van der Waals surface area contributed by atoms with Crippen molar-refractivity contribution in [1.82, 2.24) is 4.98 Å². The van der Waals surface area contributed by atoms with Crippen LogP contribution >= 0.6 is 0 Å². The molecule has 4 heteroatoms. The van der Waals surface area contributed by atoms with E-state index in [0.717, 1.165) is 12.1 Å². The van der Waals surface area contributed by atoms with Crippen LogP contribution in [0.3, 0.4) is 0 Å². The van der Waals surface area contributed by atoms with Crippen molar-refractivity contribution in [2.24, 2.45) is 5.92 Å². The van der Waals surface area contributed by atoms with Gasteiger partial charge in [-0.05, 0) is 25.5 Å². The van der Waals surface area contributed by atoms with Gasteiger partial charge in [-0.3, -0.25) is 4.98 Å². The van der Waals surface area contributed by atoms with Crippen molar-refractivity contribution < 1.29 is 9.53 Å². The van der Waals surface area contributed by atoms with Crippen LogP contribution in [-0.4, -0.2) is 17.6 Å². The molecule has 1 aliphatic carbocycles. The molecule has 0 N–H and O–H groups in total. The highest BCUT2D eigenvalue weighted by atomic mass is 16.5. The Hall–Kier alpha value is -2.15. The molecule has 92 valence electrons. The van der Waals surface area contributed by atoms with Crippen LogP contribution in [0.5, 0.6) is 0 Å². The zero-order valence-electron chi connectivity index (χ0n) is 10.2. The number of carbonyl (C=O) groups is 1. The second-order valence-electron chi connectivity index (χ2n) is 4.15. The van der Waals surface area contributed by atoms with Crippen LogP contribution in [0.4, 0.5) is 0 Å². The van der Waals surface area contributed by atoms with Gasteiger partial charge < -0.3 is 4.74 Å². The molecular formula is C14H14N2O2. The van der Waals surface area contributed by atoms with E-state index in [9.17, 15) is 4.79 Å². The Balaban J connectivity index is 2.11. The van der Waals surface area contributed by atoms with Gasteiger partial charge in [0.05, 0.1) is 18.2 Å². The second kappa shape index (κ2) is 5.46. The monoisotopic (exact) mass is 242 g/mol. The van der Waals surface area contributed by atoms with E-state index in [1.54, 1.807) is 13.1 Å². The molecule has 1 heterocycles. The van der Waals surface area contributed by atoms with E-state index in [0.29, 0.717) is 12.2 Å². The van der Waals surface area contributed by atoms with Gasteiger partial charge in [0.25, 0.3) is 0 Å². The van der Waals surface area contributed by atoms with Crippen LogP contribution in [0, 0.1) is 17.2 Å². The minimum atomic E-state index is -0.387. The molecule has 1 fully saturated rings. The third kappa shape index (κ3) is 2.57. The van der Waals surface area contributed by atoms with Crippen molar-refractivity contribution in [2.45, 2.75) is 19.3 Å². The van der Waals surface area contributed by atoms with Crippen LogP contribution in [0.25, 0.3) is 0 Å². The van der Waals surface area contributed by atoms with E-state index in [4.69, 9.17) is 10.00 Å². The zero-order chi connectivity index (χ0) is 13.0. The van der Waals surface area contributed by atoms with E-state index < -0.39 is 0 Å². The number of esters is 1. The summed E-state index contributed by atoms with van der Waals surface area (Å²) in [5, 5.41) is 8.74. The van der Waals surface area contributed by atoms with Crippen LogP contribution in [0.2, 0.25) is 0 Å². The highest BCUT2D eigenvalue weighted by Gasteiger charge is 2.44. The molecule has 1 aromatic rings. The SMILES string of the molecule is CCOC(=O)/C(=C\C#N)[C@@H]1C[C@@H]1c1ccccn1. The van der Waals surface area contributed by atoms with Gasteiger partial charge in [-0.15, -0.1) is 0 Å². The summed E-state index contributed by atoms with van der Waals surface area (Å²) in [6.45, 7) is 2.08. The fourth-order valence-corrected chi connectivity index (χ4v) is 2.06. The van der Waals surface area contributed by atoms with E-state index in [2.05, 4.69) is 4.98 Å². The molecule has 1 aromatic heterocycles. The number of allylic oxidation sites excluding steroid dienone is 1. The number of hydrogen-bond donors (Lipinski definition) is 0. The molecule has 0 radical (unpaired) electrons. The zero-order valence-corrected chi connectivity index (χ0v) is 10.2. The van der Waals surface area contributed by atoms with Crippen molar-refractivity contribution >= 4 is 5.97 Å². The van der Waals surface area contributed by atoms with Crippen molar-refractivity contribution in [3.63, 3.8) is 0 Å². The van der Waals surface area contributed by atoms with Crippen LogP contribution in [-0.2, 0) is 9.53 Å². The molecular weight excluding hydrogens is 228 g/mol. The molecule has 0 amide bonds. The van der Waals surface area contributed by atoms with Crippen molar-refractivity contribution in [1.29, 1.82) is 5.26 Å². The normalized spacial score (nSPS) is 22.1. The van der Waals surface area contributed by atoms with Crippen molar-refractivity contribution in [3.05, 3.63) is 41.7 Å². The third-order valence-electron chi connectivity index (χ3n) is 2.99. The summed E-state index contributed by atoms with van der Waals surface area (Å²) in [6.07, 6.45) is 3.89. The Morgan fingerprint density at radius 2 is 2.50 bits per heavy atom. The second-order valence-corrected chi connectivity index (χ2v) is 4.15. The van der Waals surface area contributed by atoms with Crippen molar-refractivity contribution in [3.8, 4) is 6.07 Å². The lowest BCUT2D eigenvalue weighted by Crippen LogP contribution is -2.10. The van der Waals surface area contributed by atoms with Gasteiger partial charge in [0.2, 0.25) is 0 Å². The van der Waals surface area contributed by atoms with Gasteiger partial charge in [0.1, 0.15) is 0 Å². The Kier molecular flexibility index (Phi) is 3.73. The summed E-state index contributed by atoms with van der Waals surface area (Å²) in [4.78, 5) is 16.0. The third-order valence-corrected chi connectivity index (χ3v) is 2.99. The predicted octanol–water partition coefficient (Wildman–Crippen LogP) is 2.20. The number of nitriles is 1. The fraction of sp³-hybridized carbons (Fsp3) is 0.357. The maximum absolute atomic E-state index is 11.7. The summed E-state index contributed by atoms with van der Waals surface area (Å²) < 4.78 is 4.96. The lowest BCUT2D eigenvalue weighted by Gasteiger charge is -2.05. The molecule has 0 saturated heterocycles. The molecule has 1 aliphatic rings. The molecule has 18 heavy (non-hydrogen) atoms. The summed E-state index contributed by atoms with van der Waals surface area (Å²) >= 11 is 0. The highest BCUT2D eigenvalue weighted by Crippen LogP contribution is 2.51. The fourth-order valence-electron chi connectivity index (χ4n) is 2.06. The van der Waals surface area contributed by atoms with Crippen molar-refractivity contribution in [2.75, 3.05) is 6.61 Å². The highest BCUT2D eigenvalue weighted by molar-refractivity contribution is 5.90. The standard InChI is InChI=1S/C14H14N2O2/c1-2-18-14(17)10(6-7-15)11-9-12(11)13-5-3-4-8-16-13/h3-6,8,11-12H,2,9H2,1H3/b10-6-/t11-,12-/m0/s1. The first-order valence-corrected chi connectivity index (χ1v) is 5.95. The van der Waals surface area contributed by atoms with E-state index in [1.807, 2.05) is 24.3 Å². The van der Waals surface area contributed by atoms with Gasteiger partial charge >= 0.3 is 5.97 Å². The van der Waals surface area contributed by atoms with Gasteiger partial charge in [0, 0.05) is 29.8 Å². The average Bonchev–Trinajstić information content (AvgIpc) is 3.17. The van der Waals surface area contributed by atoms with Crippen LogP contribution < -0.4 is 0 Å². The van der Waals surface area contributed by atoms with Crippen LogP contribution in [0.1, 0.15) is 25.0 Å². The summed E-state index contributed by atoms with van der Waals surface area (Å²) in [5.41, 5.74) is 1.44. The molecule has 0 bridgehead atoms. The number of rotatable bonds is 4. The minimum absolute atomic E-state index is 0.0681. The van der Waals surface area contributed by atoms with Gasteiger partial charge in [-0.1, -0.05) is 6.07 Å². The molecule has 0 aliphatic heterocycles. The first-order chi connectivity index (χ1) is 8.77. The molecule has 4 nitrogen and oxygen atoms in total. The van der Waals surface area contributed by atoms with E-state index >= 15 is 0 Å². The molecule has 2 rings (SSSR count). The molecule has 0 unspecified atom stereocenters. The first-order valence-electron chi connectivity index (χ1n) is 5.95. The number of carbonyl (C=O) groups excluding carboxylic acids is 1. The number of aromatic nitrogens is 1. The maximum Gasteiger partial charge on any atom is 0.335 e. The lowest BCUT2D eigenvalue weighted by molar-refractivity contribution is -0.138. The Morgan fingerprint density at radius 1 is 1.67 bits per heavy atom. The Morgan fingerprint density at radius 3 is 3.11 bits per heavy atom. The average molecular weight is 242 g/mol. The first kappa shape index (κ1) is 12.3. The smallest absolute Gasteiger partial charge is 0.335 e. The molecule has 2 atom stereocenters. The number of pyridine rings is 1. The van der Waals surface area contributed by atoms with Gasteiger partial charge in [-0.2, -0.15) is 5.26 Å². The van der Waals surface area contributed by atoms with Gasteiger partial charge in [0.15, 0.2) is 0 Å². The maximum atomic E-state index is 11.7. The number of nitrogens with zero attached hydrogens (tertiary/aromatic N) is 2. The quantitative estimate of drug-likeness (QED) is 0.461. The number of hydrogen-bond acceptors (Lipinski definition) is 4. The summed E-state index contributed by atoms with van der Waals surface area (Å²) in [6, 6.07) is 7.65. The molecule has 0 aromatic carbocycles. The van der Waals surface area contributed by atoms with E-state index in [1.165, 1.54) is 6.08 Å². The topological polar surface area (TPSA) is 63.0 Å². The Labute approximate surface area is 106 Å². The summed E-state index contributed by atoms with van der Waals surface area (Å²) in [5.74, 6) is -0.0868. The molecule has 1 saturated carbocycles. The van der Waals surface area contributed by atoms with Crippen LogP contribution in [0.15, 0.2) is 36.0 Å². The predicted molar refractivity (Wildman–Crippen MR) is 65.4 cm³/mol. The molecule has 0 spiro atoms. The van der Waals surface area contributed by atoms with Gasteiger partial charge in [-0.25, -0.2) is 4.79 Å². The largest absolute Gasteiger partial charge is 0.463 e. The Bertz CT molecular complexity index is 502. The number of ether oxygens (including phenoxy) is 1. The minimum Gasteiger partial charge on any atom is -0.463 e. The summed E-state index contributed by atoms with van der Waals surface area (Å²) in [7, 11) is 0. The van der Waals surface area contributed by atoms with E-state index in [-0.39, 0.29) is 17.8 Å². The lowest BCUT2D eigenvalue weighted by atomic mass is 10.1.